The monoisotopic (exact) mass is 344 g/mol. The average Bonchev–Trinajstić information content (AvgIpc) is 2.63. The molecule has 126 valence electrons. The topological polar surface area (TPSA) is 32.8 Å². The second-order valence-corrected chi connectivity index (χ2v) is 6.31. The lowest BCUT2D eigenvalue weighted by atomic mass is 10.2. The summed E-state index contributed by atoms with van der Waals surface area (Å²) in [4.78, 5) is 16.4. The molecule has 0 aromatic heterocycles. The Hall–Kier alpha value is -2.20. The van der Waals surface area contributed by atoms with Crippen LogP contribution in [-0.4, -0.2) is 43.6 Å². The van der Waals surface area contributed by atoms with Gasteiger partial charge in [0, 0.05) is 36.9 Å². The van der Waals surface area contributed by atoms with Crippen molar-refractivity contribution in [2.45, 2.75) is 6.92 Å². The summed E-state index contributed by atoms with van der Waals surface area (Å²) in [6, 6.07) is 15.5. The van der Waals surface area contributed by atoms with Crippen LogP contribution in [0.15, 0.2) is 48.5 Å². The number of aryl methyl sites for hydroxylation is 1. The van der Waals surface area contributed by atoms with Crippen molar-refractivity contribution in [2.75, 3.05) is 37.7 Å². The average molecular weight is 345 g/mol. The van der Waals surface area contributed by atoms with Crippen molar-refractivity contribution in [3.8, 4) is 5.75 Å². The first-order valence-electron chi connectivity index (χ1n) is 8.10. The molecule has 5 heteroatoms. The van der Waals surface area contributed by atoms with Crippen LogP contribution < -0.4 is 9.64 Å². The van der Waals surface area contributed by atoms with Gasteiger partial charge in [-0.25, -0.2) is 0 Å². The molecule has 1 aliphatic heterocycles. The lowest BCUT2D eigenvalue weighted by Gasteiger charge is -2.36. The van der Waals surface area contributed by atoms with Crippen LogP contribution in [-0.2, 0) is 4.79 Å². The summed E-state index contributed by atoms with van der Waals surface area (Å²) in [7, 11) is 0. The molecule has 2 aromatic carbocycles. The van der Waals surface area contributed by atoms with Gasteiger partial charge >= 0.3 is 0 Å². The van der Waals surface area contributed by atoms with Crippen LogP contribution in [0.3, 0.4) is 0 Å². The standard InChI is InChI=1S/C19H21ClN2O2/c1-15-7-8-16(13-18(15)20)21-9-11-22(12-10-21)19(23)14-24-17-5-3-2-4-6-17/h2-8,13H,9-12,14H2,1H3. The molecule has 1 aliphatic rings. The van der Waals surface area contributed by atoms with E-state index in [1.54, 1.807) is 0 Å². The predicted octanol–water partition coefficient (Wildman–Crippen LogP) is 3.38. The Labute approximate surface area is 147 Å². The minimum Gasteiger partial charge on any atom is -0.484 e. The zero-order chi connectivity index (χ0) is 16.9. The smallest absolute Gasteiger partial charge is 0.260 e. The van der Waals surface area contributed by atoms with Gasteiger partial charge in [-0.05, 0) is 36.8 Å². The molecule has 1 saturated heterocycles. The summed E-state index contributed by atoms with van der Waals surface area (Å²) in [5, 5.41) is 0.780. The van der Waals surface area contributed by atoms with Gasteiger partial charge in [-0.3, -0.25) is 4.79 Å². The number of para-hydroxylation sites is 1. The molecule has 0 spiro atoms. The number of carbonyl (C=O) groups excluding carboxylic acids is 1. The van der Waals surface area contributed by atoms with E-state index in [2.05, 4.69) is 11.0 Å². The summed E-state index contributed by atoms with van der Waals surface area (Å²) in [6.45, 7) is 5.08. The Morgan fingerprint density at radius 1 is 1.08 bits per heavy atom. The first kappa shape index (κ1) is 16.7. The second-order valence-electron chi connectivity index (χ2n) is 5.90. The van der Waals surface area contributed by atoms with E-state index in [1.165, 1.54) is 0 Å². The highest BCUT2D eigenvalue weighted by molar-refractivity contribution is 6.31. The van der Waals surface area contributed by atoms with Crippen LogP contribution in [0.4, 0.5) is 5.69 Å². The number of ether oxygens (including phenoxy) is 1. The Balaban J connectivity index is 1.51. The van der Waals surface area contributed by atoms with Crippen LogP contribution in [0.5, 0.6) is 5.75 Å². The van der Waals surface area contributed by atoms with Crippen molar-refractivity contribution in [1.29, 1.82) is 0 Å². The minimum absolute atomic E-state index is 0.0282. The highest BCUT2D eigenvalue weighted by atomic mass is 35.5. The van der Waals surface area contributed by atoms with Gasteiger partial charge in [0.25, 0.3) is 5.91 Å². The molecule has 2 aromatic rings. The number of anilines is 1. The Morgan fingerprint density at radius 3 is 2.46 bits per heavy atom. The maximum atomic E-state index is 12.3. The third-order valence-corrected chi connectivity index (χ3v) is 4.67. The molecular weight excluding hydrogens is 324 g/mol. The van der Waals surface area contributed by atoms with E-state index < -0.39 is 0 Å². The van der Waals surface area contributed by atoms with E-state index in [1.807, 2.05) is 54.3 Å². The van der Waals surface area contributed by atoms with Gasteiger partial charge < -0.3 is 14.5 Å². The normalized spacial score (nSPS) is 14.6. The minimum atomic E-state index is 0.0282. The van der Waals surface area contributed by atoms with Crippen molar-refractivity contribution in [1.82, 2.24) is 4.90 Å². The first-order valence-corrected chi connectivity index (χ1v) is 8.48. The van der Waals surface area contributed by atoms with E-state index in [-0.39, 0.29) is 12.5 Å². The third kappa shape index (κ3) is 4.01. The summed E-state index contributed by atoms with van der Waals surface area (Å²) in [5.41, 5.74) is 2.19. The maximum absolute atomic E-state index is 12.3. The van der Waals surface area contributed by atoms with Crippen LogP contribution in [0.2, 0.25) is 5.02 Å². The molecule has 24 heavy (non-hydrogen) atoms. The van der Waals surface area contributed by atoms with Crippen LogP contribution in [0.1, 0.15) is 5.56 Å². The highest BCUT2D eigenvalue weighted by Crippen LogP contribution is 2.24. The molecule has 0 atom stereocenters. The van der Waals surface area contributed by atoms with Gasteiger partial charge in [0.2, 0.25) is 0 Å². The molecule has 0 radical (unpaired) electrons. The Bertz CT molecular complexity index is 698. The number of amides is 1. The number of halogens is 1. The fourth-order valence-corrected chi connectivity index (χ4v) is 2.92. The van der Waals surface area contributed by atoms with Crippen molar-refractivity contribution in [3.05, 3.63) is 59.1 Å². The van der Waals surface area contributed by atoms with Crippen molar-refractivity contribution in [3.63, 3.8) is 0 Å². The fourth-order valence-electron chi connectivity index (χ4n) is 2.75. The van der Waals surface area contributed by atoms with Gasteiger partial charge in [0.05, 0.1) is 0 Å². The lowest BCUT2D eigenvalue weighted by molar-refractivity contribution is -0.133. The number of hydrogen-bond donors (Lipinski definition) is 0. The summed E-state index contributed by atoms with van der Waals surface area (Å²) >= 11 is 6.20. The molecule has 0 saturated carbocycles. The van der Waals surface area contributed by atoms with Gasteiger partial charge in [-0.15, -0.1) is 0 Å². The SMILES string of the molecule is Cc1ccc(N2CCN(C(=O)COc3ccccc3)CC2)cc1Cl. The highest BCUT2D eigenvalue weighted by Gasteiger charge is 2.21. The number of nitrogens with zero attached hydrogens (tertiary/aromatic N) is 2. The summed E-state index contributed by atoms with van der Waals surface area (Å²) in [5.74, 6) is 0.749. The molecule has 1 amide bonds. The molecule has 0 bridgehead atoms. The number of hydrogen-bond acceptors (Lipinski definition) is 3. The molecule has 1 heterocycles. The number of benzene rings is 2. The van der Waals surface area contributed by atoms with Crippen LogP contribution in [0, 0.1) is 6.92 Å². The van der Waals surface area contributed by atoms with E-state index in [0.717, 1.165) is 35.1 Å². The van der Waals surface area contributed by atoms with E-state index in [4.69, 9.17) is 16.3 Å². The van der Waals surface area contributed by atoms with E-state index in [0.29, 0.717) is 13.1 Å². The van der Waals surface area contributed by atoms with Crippen LogP contribution in [0.25, 0.3) is 0 Å². The van der Waals surface area contributed by atoms with Crippen LogP contribution >= 0.6 is 11.6 Å². The molecule has 0 unspecified atom stereocenters. The number of rotatable bonds is 4. The molecule has 0 N–H and O–H groups in total. The van der Waals surface area contributed by atoms with Crippen molar-refractivity contribution < 1.29 is 9.53 Å². The Morgan fingerprint density at radius 2 is 1.79 bits per heavy atom. The summed E-state index contributed by atoms with van der Waals surface area (Å²) < 4.78 is 5.54. The molecule has 1 fully saturated rings. The zero-order valence-electron chi connectivity index (χ0n) is 13.7. The fraction of sp³-hybridized carbons (Fsp3) is 0.316. The van der Waals surface area contributed by atoms with Gasteiger partial charge in [0.15, 0.2) is 6.61 Å². The molecule has 4 nitrogen and oxygen atoms in total. The first-order chi connectivity index (χ1) is 11.6. The predicted molar refractivity (Wildman–Crippen MR) is 96.9 cm³/mol. The number of piperazine rings is 1. The van der Waals surface area contributed by atoms with Gasteiger partial charge in [0.1, 0.15) is 5.75 Å². The third-order valence-electron chi connectivity index (χ3n) is 4.26. The number of carbonyl (C=O) groups is 1. The molecule has 0 aliphatic carbocycles. The van der Waals surface area contributed by atoms with Gasteiger partial charge in [-0.2, -0.15) is 0 Å². The van der Waals surface area contributed by atoms with Crippen molar-refractivity contribution >= 4 is 23.2 Å². The van der Waals surface area contributed by atoms with Gasteiger partial charge in [-0.1, -0.05) is 35.9 Å². The second kappa shape index (κ2) is 7.58. The molecule has 3 rings (SSSR count). The largest absolute Gasteiger partial charge is 0.484 e. The summed E-state index contributed by atoms with van der Waals surface area (Å²) in [6.07, 6.45) is 0. The quantitative estimate of drug-likeness (QED) is 0.852. The zero-order valence-corrected chi connectivity index (χ0v) is 14.5. The van der Waals surface area contributed by atoms with E-state index >= 15 is 0 Å². The lowest BCUT2D eigenvalue weighted by Crippen LogP contribution is -2.50. The maximum Gasteiger partial charge on any atom is 0.260 e. The van der Waals surface area contributed by atoms with E-state index in [9.17, 15) is 4.79 Å². The molecular formula is C19H21ClN2O2. The van der Waals surface area contributed by atoms with Crippen molar-refractivity contribution in [2.24, 2.45) is 0 Å². The Kier molecular flexibility index (Phi) is 5.26.